The summed E-state index contributed by atoms with van der Waals surface area (Å²) in [6.45, 7) is 0. The number of rotatable bonds is 4. The molecule has 0 atom stereocenters. The molecule has 0 heterocycles. The van der Waals surface area contributed by atoms with Crippen LogP contribution in [0.4, 0.5) is 24.5 Å². The lowest BCUT2D eigenvalue weighted by Crippen LogP contribution is -2.33. The van der Waals surface area contributed by atoms with Crippen LogP contribution in [0.15, 0.2) is 78.9 Å². The second kappa shape index (κ2) is 8.69. The summed E-state index contributed by atoms with van der Waals surface area (Å²) in [7, 11) is 1.12. The Morgan fingerprint density at radius 2 is 1.27 bits per heavy atom. The van der Waals surface area contributed by atoms with E-state index in [9.17, 15) is 22.8 Å². The largest absolute Gasteiger partial charge is 0.573 e. The highest BCUT2D eigenvalue weighted by Crippen LogP contribution is 2.30. The number of anilines is 2. The number of halogens is 3. The highest BCUT2D eigenvalue weighted by atomic mass is 19.4. The predicted molar refractivity (Wildman–Crippen MR) is 104 cm³/mol. The molecule has 0 spiro atoms. The van der Waals surface area contributed by atoms with Crippen molar-refractivity contribution in [2.24, 2.45) is 0 Å². The third-order valence-corrected chi connectivity index (χ3v) is 4.12. The van der Waals surface area contributed by atoms with Crippen LogP contribution in [-0.4, -0.2) is 25.3 Å². The van der Waals surface area contributed by atoms with Crippen LogP contribution in [0.1, 0.15) is 0 Å². The smallest absolute Gasteiger partial charge is 0.462 e. The van der Waals surface area contributed by atoms with E-state index in [0.717, 1.165) is 7.11 Å². The molecular weight excluding hydrogens is 399 g/mol. The summed E-state index contributed by atoms with van der Waals surface area (Å²) in [5.41, 5.74) is 2.27. The molecule has 0 bridgehead atoms. The normalized spacial score (nSPS) is 10.9. The molecule has 0 aliphatic carbocycles. The van der Waals surface area contributed by atoms with Gasteiger partial charge in [0.1, 0.15) is 5.75 Å². The van der Waals surface area contributed by atoms with Gasteiger partial charge in [-0.1, -0.05) is 42.5 Å². The zero-order chi connectivity index (χ0) is 21.7. The summed E-state index contributed by atoms with van der Waals surface area (Å²) in [6, 6.07) is 20.6. The zero-order valence-corrected chi connectivity index (χ0v) is 15.7. The van der Waals surface area contributed by atoms with Crippen molar-refractivity contribution in [3.05, 3.63) is 78.9 Å². The standard InChI is InChI=1S/C22H16F3NO4/c1-29-21(28)20(27)26(17-5-3-2-4-6-17)18-11-7-15(8-12-18)16-9-13-19(14-10-16)30-22(23,24)25/h2-14H,1H3. The number of esters is 1. The van der Waals surface area contributed by atoms with Gasteiger partial charge in [-0.3, -0.25) is 9.69 Å². The van der Waals surface area contributed by atoms with Crippen LogP contribution >= 0.6 is 0 Å². The fraction of sp³-hybridized carbons (Fsp3) is 0.0909. The number of carbonyl (C=O) groups is 2. The number of hydrogen-bond donors (Lipinski definition) is 0. The lowest BCUT2D eigenvalue weighted by molar-refractivity contribution is -0.274. The molecule has 8 heteroatoms. The van der Waals surface area contributed by atoms with Gasteiger partial charge in [-0.05, 0) is 47.5 Å². The lowest BCUT2D eigenvalue weighted by Gasteiger charge is -2.22. The Kier molecular flexibility index (Phi) is 6.06. The van der Waals surface area contributed by atoms with Crippen molar-refractivity contribution in [3.8, 4) is 16.9 Å². The number of hydrogen-bond acceptors (Lipinski definition) is 4. The second-order valence-electron chi connectivity index (χ2n) is 6.09. The molecular formula is C22H16F3NO4. The van der Waals surface area contributed by atoms with E-state index < -0.39 is 18.2 Å². The Morgan fingerprint density at radius 1 is 0.767 bits per heavy atom. The van der Waals surface area contributed by atoms with Gasteiger partial charge in [0.15, 0.2) is 0 Å². The van der Waals surface area contributed by atoms with Gasteiger partial charge in [0.05, 0.1) is 7.11 Å². The first-order valence-electron chi connectivity index (χ1n) is 8.72. The van der Waals surface area contributed by atoms with Gasteiger partial charge < -0.3 is 9.47 Å². The van der Waals surface area contributed by atoms with E-state index in [-0.39, 0.29) is 5.75 Å². The number of para-hydroxylation sites is 1. The molecule has 0 aliphatic heterocycles. The lowest BCUT2D eigenvalue weighted by atomic mass is 10.0. The minimum atomic E-state index is -4.75. The molecule has 0 aliphatic rings. The van der Waals surface area contributed by atoms with Crippen molar-refractivity contribution in [2.75, 3.05) is 12.0 Å². The summed E-state index contributed by atoms with van der Waals surface area (Å²) in [4.78, 5) is 25.6. The van der Waals surface area contributed by atoms with E-state index in [4.69, 9.17) is 0 Å². The molecule has 0 N–H and O–H groups in total. The van der Waals surface area contributed by atoms with E-state index in [0.29, 0.717) is 22.5 Å². The Hall–Kier alpha value is -3.81. The van der Waals surface area contributed by atoms with E-state index in [1.54, 1.807) is 54.6 Å². The number of amides is 1. The fourth-order valence-corrected chi connectivity index (χ4v) is 2.79. The van der Waals surface area contributed by atoms with Crippen LogP contribution in [0.25, 0.3) is 11.1 Å². The minimum absolute atomic E-state index is 0.318. The van der Waals surface area contributed by atoms with Crippen molar-refractivity contribution < 1.29 is 32.2 Å². The molecule has 0 saturated heterocycles. The molecule has 3 aromatic rings. The molecule has 3 rings (SSSR count). The quantitative estimate of drug-likeness (QED) is 0.440. The van der Waals surface area contributed by atoms with Crippen molar-refractivity contribution in [3.63, 3.8) is 0 Å². The van der Waals surface area contributed by atoms with Crippen LogP contribution in [0.5, 0.6) is 5.75 Å². The summed E-state index contributed by atoms with van der Waals surface area (Å²) in [5, 5.41) is 0. The van der Waals surface area contributed by atoms with E-state index >= 15 is 0 Å². The van der Waals surface area contributed by atoms with E-state index in [1.165, 1.54) is 29.2 Å². The molecule has 30 heavy (non-hydrogen) atoms. The second-order valence-corrected chi connectivity index (χ2v) is 6.09. The minimum Gasteiger partial charge on any atom is -0.462 e. The van der Waals surface area contributed by atoms with Crippen LogP contribution in [0.2, 0.25) is 0 Å². The number of methoxy groups -OCH3 is 1. The molecule has 154 valence electrons. The maximum atomic E-state index is 12.5. The van der Waals surface area contributed by atoms with Crippen LogP contribution in [0, 0.1) is 0 Å². The van der Waals surface area contributed by atoms with Gasteiger partial charge >= 0.3 is 18.2 Å². The van der Waals surface area contributed by atoms with Crippen molar-refractivity contribution >= 4 is 23.3 Å². The average molecular weight is 415 g/mol. The summed E-state index contributed by atoms with van der Waals surface area (Å²) in [5.74, 6) is -2.19. The van der Waals surface area contributed by atoms with E-state index in [2.05, 4.69) is 9.47 Å². The van der Waals surface area contributed by atoms with Crippen molar-refractivity contribution in [2.45, 2.75) is 6.36 Å². The molecule has 1 amide bonds. The number of ether oxygens (including phenoxy) is 2. The molecule has 0 fully saturated rings. The summed E-state index contributed by atoms with van der Waals surface area (Å²) < 4.78 is 45.3. The summed E-state index contributed by atoms with van der Waals surface area (Å²) >= 11 is 0. The predicted octanol–water partition coefficient (Wildman–Crippen LogP) is 5.09. The van der Waals surface area contributed by atoms with Gasteiger partial charge in [0.2, 0.25) is 0 Å². The molecule has 0 radical (unpaired) electrons. The third kappa shape index (κ3) is 4.96. The molecule has 3 aromatic carbocycles. The molecule has 0 aromatic heterocycles. The highest BCUT2D eigenvalue weighted by Gasteiger charge is 2.31. The first-order valence-corrected chi connectivity index (χ1v) is 8.72. The molecule has 0 unspecified atom stereocenters. The molecule has 5 nitrogen and oxygen atoms in total. The number of benzene rings is 3. The topological polar surface area (TPSA) is 55.8 Å². The Morgan fingerprint density at radius 3 is 1.77 bits per heavy atom. The Labute approximate surface area is 170 Å². The van der Waals surface area contributed by atoms with Gasteiger partial charge in [0, 0.05) is 11.4 Å². The monoisotopic (exact) mass is 415 g/mol. The van der Waals surface area contributed by atoms with Gasteiger partial charge in [-0.15, -0.1) is 13.2 Å². The molecule has 0 saturated carbocycles. The van der Waals surface area contributed by atoms with Crippen LogP contribution in [0.3, 0.4) is 0 Å². The van der Waals surface area contributed by atoms with Crippen LogP contribution in [-0.2, 0) is 14.3 Å². The first kappa shape index (κ1) is 20.9. The maximum Gasteiger partial charge on any atom is 0.573 e. The van der Waals surface area contributed by atoms with Gasteiger partial charge in [0.25, 0.3) is 0 Å². The summed E-state index contributed by atoms with van der Waals surface area (Å²) in [6.07, 6.45) is -4.75. The zero-order valence-electron chi connectivity index (χ0n) is 15.7. The van der Waals surface area contributed by atoms with Gasteiger partial charge in [-0.25, -0.2) is 4.79 Å². The van der Waals surface area contributed by atoms with Crippen LogP contribution < -0.4 is 9.64 Å². The third-order valence-electron chi connectivity index (χ3n) is 4.12. The van der Waals surface area contributed by atoms with Gasteiger partial charge in [-0.2, -0.15) is 0 Å². The Bertz CT molecular complexity index is 1020. The number of alkyl halides is 3. The fourth-order valence-electron chi connectivity index (χ4n) is 2.79. The van der Waals surface area contributed by atoms with Crippen molar-refractivity contribution in [1.82, 2.24) is 0 Å². The SMILES string of the molecule is COC(=O)C(=O)N(c1ccccc1)c1ccc(-c2ccc(OC(F)(F)F)cc2)cc1. The number of carbonyl (C=O) groups excluding carboxylic acids is 2. The maximum absolute atomic E-state index is 12.5. The first-order chi connectivity index (χ1) is 14.3. The number of nitrogens with zero attached hydrogens (tertiary/aromatic N) is 1. The Balaban J connectivity index is 1.88. The highest BCUT2D eigenvalue weighted by molar-refractivity contribution is 6.39. The average Bonchev–Trinajstić information content (AvgIpc) is 2.74. The van der Waals surface area contributed by atoms with Crippen molar-refractivity contribution in [1.29, 1.82) is 0 Å². The van der Waals surface area contributed by atoms with E-state index in [1.807, 2.05) is 0 Å².